The molecule has 0 radical (unpaired) electrons. The van der Waals surface area contributed by atoms with Crippen LogP contribution in [0.1, 0.15) is 12.0 Å². The van der Waals surface area contributed by atoms with E-state index in [0.29, 0.717) is 6.04 Å². The zero-order valence-electron chi connectivity index (χ0n) is 8.46. The van der Waals surface area contributed by atoms with Gasteiger partial charge in [0.15, 0.2) is 0 Å². The van der Waals surface area contributed by atoms with Gasteiger partial charge in [-0.25, -0.2) is 0 Å². The number of halogens is 1. The maximum absolute atomic E-state index is 8.93. The minimum atomic E-state index is 0.227. The molecule has 1 aromatic rings. The molecule has 0 spiro atoms. The maximum atomic E-state index is 8.93. The van der Waals surface area contributed by atoms with Crippen molar-refractivity contribution in [2.45, 2.75) is 19.0 Å². The Kier molecular flexibility index (Phi) is 3.61. The summed E-state index contributed by atoms with van der Waals surface area (Å²) in [4.78, 5) is 0. The van der Waals surface area contributed by atoms with Gasteiger partial charge in [0.2, 0.25) is 0 Å². The van der Waals surface area contributed by atoms with E-state index in [2.05, 4.69) is 38.7 Å². The number of rotatable bonds is 2. The number of fused-ring (bicyclic) bond motifs is 1. The predicted octanol–water partition coefficient (Wildman–Crippen LogP) is 1.72. The number of hydrogen-bond acceptors (Lipinski definition) is 3. The average molecular weight is 271 g/mol. The third-order valence-corrected chi connectivity index (χ3v) is 3.10. The maximum Gasteiger partial charge on any atom is 0.0451 e. The zero-order valence-corrected chi connectivity index (χ0v) is 10.0. The third kappa shape index (κ3) is 2.71. The molecule has 0 amide bonds. The second-order valence-electron chi connectivity index (χ2n) is 3.79. The Hall–Kier alpha value is -0.580. The molecule has 1 atom stereocenters. The van der Waals surface area contributed by atoms with E-state index in [0.717, 1.165) is 24.0 Å². The molecule has 0 saturated heterocycles. The molecule has 0 saturated carbocycles. The zero-order chi connectivity index (χ0) is 10.7. The number of benzene rings is 1. The molecule has 1 aliphatic heterocycles. The standard InChI is InChI=1S/C11H15BrN2O/c12-9-1-2-11-8(5-9)6-13-7-10(14-11)3-4-15/h1-2,5,10,13-15H,3-4,6-7H2. The fraction of sp³-hybridized carbons (Fsp3) is 0.455. The number of aliphatic hydroxyl groups excluding tert-OH is 1. The average Bonchev–Trinajstić information content (AvgIpc) is 2.40. The van der Waals surface area contributed by atoms with E-state index in [1.54, 1.807) is 0 Å². The van der Waals surface area contributed by atoms with Gasteiger partial charge >= 0.3 is 0 Å². The van der Waals surface area contributed by atoms with Crippen LogP contribution in [0.15, 0.2) is 22.7 Å². The topological polar surface area (TPSA) is 44.3 Å². The van der Waals surface area contributed by atoms with E-state index in [1.807, 2.05) is 6.07 Å². The first-order valence-corrected chi connectivity index (χ1v) is 5.95. The molecule has 0 fully saturated rings. The lowest BCUT2D eigenvalue weighted by molar-refractivity contribution is 0.278. The molecule has 1 unspecified atom stereocenters. The summed E-state index contributed by atoms with van der Waals surface area (Å²) in [5.41, 5.74) is 2.44. The van der Waals surface area contributed by atoms with Crippen LogP contribution in [0, 0.1) is 0 Å². The van der Waals surface area contributed by atoms with Crippen molar-refractivity contribution >= 4 is 21.6 Å². The summed E-state index contributed by atoms with van der Waals surface area (Å²) in [6.45, 7) is 2.00. The van der Waals surface area contributed by atoms with Gasteiger partial charge in [0.05, 0.1) is 0 Å². The Morgan fingerprint density at radius 2 is 2.33 bits per heavy atom. The van der Waals surface area contributed by atoms with Crippen LogP contribution < -0.4 is 10.6 Å². The van der Waals surface area contributed by atoms with Gasteiger partial charge in [0, 0.05) is 35.9 Å². The molecule has 4 heteroatoms. The highest BCUT2D eigenvalue weighted by Crippen LogP contribution is 2.23. The van der Waals surface area contributed by atoms with E-state index in [-0.39, 0.29) is 6.61 Å². The van der Waals surface area contributed by atoms with Crippen molar-refractivity contribution in [3.8, 4) is 0 Å². The van der Waals surface area contributed by atoms with Gasteiger partial charge in [0.1, 0.15) is 0 Å². The molecule has 0 aromatic heterocycles. The van der Waals surface area contributed by atoms with E-state index in [9.17, 15) is 0 Å². The number of aliphatic hydroxyl groups is 1. The second-order valence-corrected chi connectivity index (χ2v) is 4.70. The van der Waals surface area contributed by atoms with Crippen LogP contribution in [0.3, 0.4) is 0 Å². The molecule has 0 aliphatic carbocycles. The van der Waals surface area contributed by atoms with Crippen molar-refractivity contribution in [3.63, 3.8) is 0 Å². The Morgan fingerprint density at radius 3 is 3.13 bits per heavy atom. The van der Waals surface area contributed by atoms with Crippen LogP contribution in [-0.4, -0.2) is 24.3 Å². The minimum absolute atomic E-state index is 0.227. The smallest absolute Gasteiger partial charge is 0.0451 e. The van der Waals surface area contributed by atoms with Crippen molar-refractivity contribution in [2.75, 3.05) is 18.5 Å². The highest BCUT2D eigenvalue weighted by molar-refractivity contribution is 9.10. The molecule has 3 N–H and O–H groups in total. The molecular formula is C11H15BrN2O. The van der Waals surface area contributed by atoms with Crippen LogP contribution in [0.2, 0.25) is 0 Å². The Morgan fingerprint density at radius 1 is 1.47 bits per heavy atom. The molecule has 15 heavy (non-hydrogen) atoms. The van der Waals surface area contributed by atoms with Gasteiger partial charge in [-0.05, 0) is 30.2 Å². The van der Waals surface area contributed by atoms with Crippen LogP contribution in [-0.2, 0) is 6.54 Å². The summed E-state index contributed by atoms with van der Waals surface area (Å²) in [5, 5.41) is 15.7. The Balaban J connectivity index is 2.18. The van der Waals surface area contributed by atoms with Crippen molar-refractivity contribution < 1.29 is 5.11 Å². The first kappa shape index (κ1) is 10.9. The fourth-order valence-corrected chi connectivity index (χ4v) is 2.24. The van der Waals surface area contributed by atoms with Gasteiger partial charge in [0.25, 0.3) is 0 Å². The molecule has 1 aromatic carbocycles. The minimum Gasteiger partial charge on any atom is -0.396 e. The number of hydrogen-bond donors (Lipinski definition) is 3. The van der Waals surface area contributed by atoms with E-state index < -0.39 is 0 Å². The van der Waals surface area contributed by atoms with E-state index >= 15 is 0 Å². The third-order valence-electron chi connectivity index (χ3n) is 2.61. The second kappa shape index (κ2) is 4.96. The van der Waals surface area contributed by atoms with Crippen molar-refractivity contribution in [1.29, 1.82) is 0 Å². The van der Waals surface area contributed by atoms with Crippen molar-refractivity contribution in [3.05, 3.63) is 28.2 Å². The van der Waals surface area contributed by atoms with E-state index in [4.69, 9.17) is 5.11 Å². The normalized spacial score (nSPS) is 20.3. The Bertz CT molecular complexity index is 343. The lowest BCUT2D eigenvalue weighted by atomic mass is 10.1. The summed E-state index contributed by atoms with van der Waals surface area (Å²) in [5.74, 6) is 0. The first-order valence-electron chi connectivity index (χ1n) is 5.16. The lowest BCUT2D eigenvalue weighted by Gasteiger charge is -2.16. The van der Waals surface area contributed by atoms with E-state index in [1.165, 1.54) is 11.3 Å². The van der Waals surface area contributed by atoms with Gasteiger partial charge < -0.3 is 15.7 Å². The van der Waals surface area contributed by atoms with Crippen LogP contribution in [0.5, 0.6) is 0 Å². The van der Waals surface area contributed by atoms with Gasteiger partial charge in [-0.2, -0.15) is 0 Å². The summed E-state index contributed by atoms with van der Waals surface area (Å²) in [7, 11) is 0. The summed E-state index contributed by atoms with van der Waals surface area (Å²) < 4.78 is 1.10. The molecular weight excluding hydrogens is 256 g/mol. The summed E-state index contributed by atoms with van der Waals surface area (Å²) in [6, 6.07) is 6.55. The van der Waals surface area contributed by atoms with Crippen LogP contribution in [0.4, 0.5) is 5.69 Å². The largest absolute Gasteiger partial charge is 0.396 e. The quantitative estimate of drug-likeness (QED) is 0.767. The highest BCUT2D eigenvalue weighted by atomic mass is 79.9. The molecule has 1 aliphatic rings. The lowest BCUT2D eigenvalue weighted by Crippen LogP contribution is -2.30. The molecule has 82 valence electrons. The number of nitrogens with one attached hydrogen (secondary N) is 2. The van der Waals surface area contributed by atoms with Gasteiger partial charge in [-0.15, -0.1) is 0 Å². The van der Waals surface area contributed by atoms with Gasteiger partial charge in [-0.1, -0.05) is 15.9 Å². The SMILES string of the molecule is OCCC1CNCc2cc(Br)ccc2N1. The number of anilines is 1. The van der Waals surface area contributed by atoms with Crippen molar-refractivity contribution in [2.24, 2.45) is 0 Å². The van der Waals surface area contributed by atoms with Crippen LogP contribution >= 0.6 is 15.9 Å². The molecule has 2 rings (SSSR count). The predicted molar refractivity (Wildman–Crippen MR) is 65.0 cm³/mol. The highest BCUT2D eigenvalue weighted by Gasteiger charge is 2.14. The first-order chi connectivity index (χ1) is 7.29. The fourth-order valence-electron chi connectivity index (χ4n) is 1.83. The Labute approximate surface area is 98.0 Å². The van der Waals surface area contributed by atoms with Gasteiger partial charge in [-0.3, -0.25) is 0 Å². The van der Waals surface area contributed by atoms with Crippen molar-refractivity contribution in [1.82, 2.24) is 5.32 Å². The monoisotopic (exact) mass is 270 g/mol. The summed E-state index contributed by atoms with van der Waals surface area (Å²) >= 11 is 3.47. The molecule has 0 bridgehead atoms. The summed E-state index contributed by atoms with van der Waals surface area (Å²) in [6.07, 6.45) is 0.780. The molecule has 1 heterocycles. The van der Waals surface area contributed by atoms with Crippen LogP contribution in [0.25, 0.3) is 0 Å². The molecule has 3 nitrogen and oxygen atoms in total.